The second-order valence-corrected chi connectivity index (χ2v) is 8.46. The number of carbonyl (C=O) groups excluding carboxylic acids is 1. The lowest BCUT2D eigenvalue weighted by Gasteiger charge is -2.47. The second-order valence-electron chi connectivity index (χ2n) is 8.46. The molecule has 1 fully saturated rings. The Labute approximate surface area is 197 Å². The predicted octanol–water partition coefficient (Wildman–Crippen LogP) is 3.80. The molecule has 4 rings (SSSR count). The van der Waals surface area contributed by atoms with Gasteiger partial charge in [0, 0.05) is 25.9 Å². The van der Waals surface area contributed by atoms with E-state index in [1.807, 2.05) is 0 Å². The predicted molar refractivity (Wildman–Crippen MR) is 123 cm³/mol. The number of aryl methyl sites for hydroxylation is 2. The van der Waals surface area contributed by atoms with Gasteiger partial charge in [0.05, 0.1) is 6.26 Å². The number of nitrogens with zero attached hydrogens (tertiary/aromatic N) is 1. The van der Waals surface area contributed by atoms with Crippen molar-refractivity contribution < 1.29 is 33.7 Å². The molecule has 8 heteroatoms. The van der Waals surface area contributed by atoms with Gasteiger partial charge in [-0.05, 0) is 49.2 Å². The summed E-state index contributed by atoms with van der Waals surface area (Å²) in [5.41, 5.74) is -0.560. The van der Waals surface area contributed by atoms with Gasteiger partial charge < -0.3 is 29.0 Å². The summed E-state index contributed by atoms with van der Waals surface area (Å²) in [4.78, 5) is 27.1. The molecule has 0 unspecified atom stereocenters. The van der Waals surface area contributed by atoms with Crippen molar-refractivity contribution in [3.8, 4) is 11.5 Å². The molecule has 1 saturated heterocycles. The molecular weight excluding hydrogens is 438 g/mol. The number of hydrogen-bond donors (Lipinski definition) is 2. The zero-order valence-electron chi connectivity index (χ0n) is 19.1. The van der Waals surface area contributed by atoms with Crippen LogP contribution in [0.5, 0.6) is 11.5 Å². The standard InChI is InChI=1S/C26H27NO7/c1-18-8-3-5-10-20(18)33-26(24(29)30,34-21-11-6-4-9-19(21)2)25(31)13-15-27(16-14-25)23(28)22-12-7-17-32-22/h3-12,17,31H,13-16H2,1-2H3,(H,29,30). The highest BCUT2D eigenvalue weighted by Gasteiger charge is 2.63. The fourth-order valence-electron chi connectivity index (χ4n) is 4.11. The Balaban J connectivity index is 1.71. The van der Waals surface area contributed by atoms with Gasteiger partial charge in [0.15, 0.2) is 11.4 Å². The maximum absolute atomic E-state index is 12.9. The van der Waals surface area contributed by atoms with Crippen LogP contribution in [0.1, 0.15) is 34.5 Å². The van der Waals surface area contributed by atoms with E-state index in [0.29, 0.717) is 11.1 Å². The van der Waals surface area contributed by atoms with Crippen molar-refractivity contribution in [2.24, 2.45) is 0 Å². The number of carboxylic acid groups (broad SMARTS) is 1. The van der Waals surface area contributed by atoms with Gasteiger partial charge in [-0.1, -0.05) is 36.4 Å². The van der Waals surface area contributed by atoms with E-state index in [4.69, 9.17) is 13.9 Å². The molecule has 2 aromatic carbocycles. The molecule has 1 aliphatic heterocycles. The number of hydrogen-bond acceptors (Lipinski definition) is 6. The number of furan rings is 1. The Morgan fingerprint density at radius 2 is 1.44 bits per heavy atom. The van der Waals surface area contributed by atoms with Crippen LogP contribution in [0.4, 0.5) is 0 Å². The van der Waals surface area contributed by atoms with Crippen LogP contribution in [0.25, 0.3) is 0 Å². The zero-order chi connectivity index (χ0) is 24.3. The summed E-state index contributed by atoms with van der Waals surface area (Å²) in [5.74, 6) is -3.50. The van der Waals surface area contributed by atoms with Gasteiger partial charge in [-0.2, -0.15) is 0 Å². The number of amides is 1. The molecule has 8 nitrogen and oxygen atoms in total. The number of aliphatic hydroxyl groups is 1. The van der Waals surface area contributed by atoms with Crippen molar-refractivity contribution >= 4 is 11.9 Å². The highest BCUT2D eigenvalue weighted by molar-refractivity contribution is 5.91. The first-order chi connectivity index (χ1) is 16.3. The van der Waals surface area contributed by atoms with Crippen LogP contribution in [-0.4, -0.2) is 51.5 Å². The first kappa shape index (κ1) is 23.4. The minimum atomic E-state index is -2.45. The molecule has 0 radical (unpaired) electrons. The van der Waals surface area contributed by atoms with E-state index >= 15 is 0 Å². The number of benzene rings is 2. The molecule has 1 amide bonds. The maximum atomic E-state index is 12.9. The van der Waals surface area contributed by atoms with E-state index in [0.717, 1.165) is 0 Å². The van der Waals surface area contributed by atoms with Gasteiger partial charge in [-0.25, -0.2) is 4.79 Å². The van der Waals surface area contributed by atoms with Crippen LogP contribution < -0.4 is 9.47 Å². The summed E-state index contributed by atoms with van der Waals surface area (Å²) in [7, 11) is 0. The number of carbonyl (C=O) groups is 2. The molecule has 0 aliphatic carbocycles. The van der Waals surface area contributed by atoms with E-state index in [2.05, 4.69) is 0 Å². The van der Waals surface area contributed by atoms with Gasteiger partial charge in [0.1, 0.15) is 11.5 Å². The lowest BCUT2D eigenvalue weighted by molar-refractivity contribution is -0.255. The molecule has 1 aromatic heterocycles. The molecule has 2 N–H and O–H groups in total. The second kappa shape index (κ2) is 9.23. The fraction of sp³-hybridized carbons (Fsp3) is 0.308. The van der Waals surface area contributed by atoms with Crippen LogP contribution in [-0.2, 0) is 4.79 Å². The third-order valence-electron chi connectivity index (χ3n) is 6.20. The Hall–Kier alpha value is -3.78. The SMILES string of the molecule is Cc1ccccc1OC(Oc1ccccc1C)(C(=O)O)C1(O)CCN(C(=O)c2ccco2)CC1. The number of para-hydroxylation sites is 2. The summed E-state index contributed by atoms with van der Waals surface area (Å²) in [6.45, 7) is 3.76. The molecule has 1 aliphatic rings. The normalized spacial score (nSPS) is 15.6. The van der Waals surface area contributed by atoms with Gasteiger partial charge >= 0.3 is 11.8 Å². The topological polar surface area (TPSA) is 109 Å². The first-order valence-electron chi connectivity index (χ1n) is 11.0. The number of likely N-dealkylation sites (tertiary alicyclic amines) is 1. The highest BCUT2D eigenvalue weighted by atomic mass is 16.7. The lowest BCUT2D eigenvalue weighted by atomic mass is 9.82. The highest BCUT2D eigenvalue weighted by Crippen LogP contribution is 2.40. The summed E-state index contributed by atoms with van der Waals surface area (Å²) in [6, 6.07) is 17.1. The molecule has 2 heterocycles. The first-order valence-corrected chi connectivity index (χ1v) is 11.0. The Bertz CT molecular complexity index is 1120. The molecule has 0 saturated carbocycles. The largest absolute Gasteiger partial charge is 0.475 e. The van der Waals surface area contributed by atoms with Crippen molar-refractivity contribution in [1.82, 2.24) is 4.90 Å². The third-order valence-corrected chi connectivity index (χ3v) is 6.20. The number of piperidine rings is 1. The minimum Gasteiger partial charge on any atom is -0.475 e. The number of rotatable bonds is 7. The molecule has 3 aromatic rings. The van der Waals surface area contributed by atoms with Crippen molar-refractivity contribution in [1.29, 1.82) is 0 Å². The fourth-order valence-corrected chi connectivity index (χ4v) is 4.11. The summed E-state index contributed by atoms with van der Waals surface area (Å²) in [5, 5.41) is 22.3. The van der Waals surface area contributed by atoms with E-state index in [1.165, 1.54) is 11.2 Å². The van der Waals surface area contributed by atoms with Gasteiger partial charge in [0.2, 0.25) is 0 Å². The summed E-state index contributed by atoms with van der Waals surface area (Å²) < 4.78 is 17.3. The number of aliphatic carboxylic acids is 1. The van der Waals surface area contributed by atoms with Crippen LogP contribution in [0.15, 0.2) is 71.3 Å². The third kappa shape index (κ3) is 4.24. The zero-order valence-corrected chi connectivity index (χ0v) is 19.1. The average molecular weight is 466 g/mol. The van der Waals surface area contributed by atoms with E-state index in [9.17, 15) is 19.8 Å². The van der Waals surface area contributed by atoms with E-state index in [1.54, 1.807) is 74.5 Å². The maximum Gasteiger partial charge on any atom is 0.393 e. The van der Waals surface area contributed by atoms with Crippen LogP contribution >= 0.6 is 0 Å². The van der Waals surface area contributed by atoms with Crippen molar-refractivity contribution in [3.63, 3.8) is 0 Å². The van der Waals surface area contributed by atoms with E-state index in [-0.39, 0.29) is 49.1 Å². The molecule has 178 valence electrons. The van der Waals surface area contributed by atoms with Crippen molar-refractivity contribution in [2.45, 2.75) is 38.1 Å². The summed E-state index contributed by atoms with van der Waals surface area (Å²) >= 11 is 0. The summed E-state index contributed by atoms with van der Waals surface area (Å²) in [6.07, 6.45) is 1.25. The molecule has 34 heavy (non-hydrogen) atoms. The molecule has 0 bridgehead atoms. The quantitative estimate of drug-likeness (QED) is 0.511. The lowest BCUT2D eigenvalue weighted by Crippen LogP contribution is -2.69. The molecule has 0 atom stereocenters. The van der Waals surface area contributed by atoms with Gasteiger partial charge in [0.25, 0.3) is 5.91 Å². The Kier molecular flexibility index (Phi) is 6.34. The van der Waals surface area contributed by atoms with Gasteiger partial charge in [-0.15, -0.1) is 0 Å². The monoisotopic (exact) mass is 465 g/mol. The Morgan fingerprint density at radius 3 is 1.88 bits per heavy atom. The molecular formula is C26H27NO7. The van der Waals surface area contributed by atoms with Gasteiger partial charge in [-0.3, -0.25) is 4.79 Å². The number of ether oxygens (including phenoxy) is 2. The van der Waals surface area contributed by atoms with Crippen LogP contribution in [0.3, 0.4) is 0 Å². The Morgan fingerprint density at radius 1 is 0.912 bits per heavy atom. The van der Waals surface area contributed by atoms with E-state index < -0.39 is 17.4 Å². The molecule has 0 spiro atoms. The number of carboxylic acids is 1. The van der Waals surface area contributed by atoms with Crippen LogP contribution in [0, 0.1) is 13.8 Å². The smallest absolute Gasteiger partial charge is 0.393 e. The van der Waals surface area contributed by atoms with Crippen LogP contribution in [0.2, 0.25) is 0 Å². The van der Waals surface area contributed by atoms with Crippen molar-refractivity contribution in [3.05, 3.63) is 83.8 Å². The van der Waals surface area contributed by atoms with Crippen molar-refractivity contribution in [2.75, 3.05) is 13.1 Å². The minimum absolute atomic E-state index is 0.0799. The average Bonchev–Trinajstić information content (AvgIpc) is 3.36.